The molecular formula is C21H33N3O4. The third-order valence-corrected chi connectivity index (χ3v) is 5.04. The van der Waals surface area contributed by atoms with Crippen LogP contribution in [0.3, 0.4) is 0 Å². The molecule has 28 heavy (non-hydrogen) atoms. The first-order chi connectivity index (χ1) is 13.6. The minimum absolute atomic E-state index is 0.0263. The van der Waals surface area contributed by atoms with Gasteiger partial charge in [-0.2, -0.15) is 0 Å². The highest BCUT2D eigenvalue weighted by Crippen LogP contribution is 2.22. The molecule has 2 N–H and O–H groups in total. The van der Waals surface area contributed by atoms with Crippen molar-refractivity contribution >= 4 is 11.9 Å². The van der Waals surface area contributed by atoms with Gasteiger partial charge in [-0.15, -0.1) is 0 Å². The zero-order valence-corrected chi connectivity index (χ0v) is 17.0. The molecule has 0 saturated carbocycles. The summed E-state index contributed by atoms with van der Waals surface area (Å²) in [6.07, 6.45) is 3.82. The Labute approximate surface area is 167 Å². The normalized spacial score (nSPS) is 14.7. The molecule has 0 radical (unpaired) electrons. The Kier molecular flexibility index (Phi) is 9.79. The number of amides is 3. The largest absolute Gasteiger partial charge is 0.385 e. The molecule has 7 heteroatoms. The standard InChI is InChI=1S/C21H33N3O4/c1-27-14-3-10-23-21(26)24-12-8-18(9-13-24)16-17-4-6-19(7-5-17)20(25)22-11-15-28-2/h4-7,18H,3,8-16H2,1-2H3,(H,22,25)(H,23,26). The number of piperidine rings is 1. The van der Waals surface area contributed by atoms with Crippen LogP contribution in [0.15, 0.2) is 24.3 Å². The lowest BCUT2D eigenvalue weighted by atomic mass is 9.90. The number of nitrogens with one attached hydrogen (secondary N) is 2. The number of carbonyl (C=O) groups is 2. The number of carbonyl (C=O) groups excluding carboxylic acids is 2. The maximum Gasteiger partial charge on any atom is 0.317 e. The maximum absolute atomic E-state index is 12.2. The smallest absolute Gasteiger partial charge is 0.317 e. The number of likely N-dealkylation sites (tertiary alicyclic amines) is 1. The summed E-state index contributed by atoms with van der Waals surface area (Å²) in [6.45, 7) is 3.92. The molecule has 0 aliphatic carbocycles. The van der Waals surface area contributed by atoms with E-state index in [2.05, 4.69) is 10.6 Å². The van der Waals surface area contributed by atoms with Gasteiger partial charge in [0, 0.05) is 52.6 Å². The fourth-order valence-electron chi connectivity index (χ4n) is 3.36. The van der Waals surface area contributed by atoms with E-state index in [0.717, 1.165) is 38.8 Å². The molecular weight excluding hydrogens is 358 g/mol. The van der Waals surface area contributed by atoms with Crippen LogP contribution in [0.1, 0.15) is 35.2 Å². The topological polar surface area (TPSA) is 79.9 Å². The van der Waals surface area contributed by atoms with Gasteiger partial charge in [-0.1, -0.05) is 12.1 Å². The van der Waals surface area contributed by atoms with E-state index in [1.54, 1.807) is 14.2 Å². The lowest BCUT2D eigenvalue weighted by Gasteiger charge is -2.32. The van der Waals surface area contributed by atoms with Crippen molar-refractivity contribution in [3.63, 3.8) is 0 Å². The van der Waals surface area contributed by atoms with Crippen molar-refractivity contribution in [3.8, 4) is 0 Å². The molecule has 1 saturated heterocycles. The summed E-state index contributed by atoms with van der Waals surface area (Å²) in [4.78, 5) is 26.1. The Bertz CT molecular complexity index is 598. The molecule has 1 aromatic carbocycles. The van der Waals surface area contributed by atoms with E-state index < -0.39 is 0 Å². The van der Waals surface area contributed by atoms with Gasteiger partial charge in [-0.3, -0.25) is 4.79 Å². The Morgan fingerprint density at radius 1 is 1.00 bits per heavy atom. The van der Waals surface area contributed by atoms with Crippen LogP contribution in [0.4, 0.5) is 4.79 Å². The average Bonchev–Trinajstić information content (AvgIpc) is 2.72. The van der Waals surface area contributed by atoms with Crippen molar-refractivity contribution in [1.82, 2.24) is 15.5 Å². The molecule has 1 aliphatic heterocycles. The van der Waals surface area contributed by atoms with Crippen LogP contribution in [0, 0.1) is 5.92 Å². The molecule has 0 unspecified atom stereocenters. The van der Waals surface area contributed by atoms with Crippen LogP contribution >= 0.6 is 0 Å². The highest BCUT2D eigenvalue weighted by atomic mass is 16.5. The summed E-state index contributed by atoms with van der Waals surface area (Å²) in [6, 6.07) is 7.83. The number of urea groups is 1. The minimum Gasteiger partial charge on any atom is -0.385 e. The molecule has 0 spiro atoms. The van der Waals surface area contributed by atoms with Crippen molar-refractivity contribution in [2.24, 2.45) is 5.92 Å². The molecule has 0 atom stereocenters. The molecule has 7 nitrogen and oxygen atoms in total. The van der Waals surface area contributed by atoms with Crippen LogP contribution in [-0.4, -0.2) is 70.5 Å². The second-order valence-corrected chi connectivity index (χ2v) is 7.16. The first-order valence-corrected chi connectivity index (χ1v) is 10.0. The van der Waals surface area contributed by atoms with E-state index >= 15 is 0 Å². The van der Waals surface area contributed by atoms with Crippen LogP contribution in [0.25, 0.3) is 0 Å². The van der Waals surface area contributed by atoms with Gasteiger partial charge in [0.1, 0.15) is 0 Å². The van der Waals surface area contributed by atoms with Crippen molar-refractivity contribution in [1.29, 1.82) is 0 Å². The van der Waals surface area contributed by atoms with E-state index in [-0.39, 0.29) is 11.9 Å². The first kappa shape index (κ1) is 22.2. The summed E-state index contributed by atoms with van der Waals surface area (Å²) in [5, 5.41) is 5.77. The molecule has 2 rings (SSSR count). The Hall–Kier alpha value is -2.12. The lowest BCUT2D eigenvalue weighted by molar-refractivity contribution is 0.0937. The molecule has 3 amide bonds. The number of methoxy groups -OCH3 is 2. The second-order valence-electron chi connectivity index (χ2n) is 7.16. The molecule has 0 aromatic heterocycles. The Morgan fingerprint density at radius 2 is 1.68 bits per heavy atom. The van der Waals surface area contributed by atoms with Crippen LogP contribution < -0.4 is 10.6 Å². The molecule has 1 fully saturated rings. The monoisotopic (exact) mass is 391 g/mol. The number of benzene rings is 1. The van der Waals surface area contributed by atoms with Crippen molar-refractivity contribution in [2.75, 3.05) is 53.6 Å². The van der Waals surface area contributed by atoms with Crippen molar-refractivity contribution in [3.05, 3.63) is 35.4 Å². The van der Waals surface area contributed by atoms with Crippen molar-refractivity contribution < 1.29 is 19.1 Å². The quantitative estimate of drug-likeness (QED) is 0.599. The second kappa shape index (κ2) is 12.4. The number of hydrogen-bond acceptors (Lipinski definition) is 4. The highest BCUT2D eigenvalue weighted by molar-refractivity contribution is 5.94. The third-order valence-electron chi connectivity index (χ3n) is 5.04. The van der Waals surface area contributed by atoms with Gasteiger partial charge in [0.05, 0.1) is 6.61 Å². The van der Waals surface area contributed by atoms with Gasteiger partial charge in [0.15, 0.2) is 0 Å². The summed E-state index contributed by atoms with van der Waals surface area (Å²) >= 11 is 0. The van der Waals surface area contributed by atoms with Gasteiger partial charge in [0.25, 0.3) is 5.91 Å². The van der Waals surface area contributed by atoms with E-state index in [4.69, 9.17) is 9.47 Å². The van der Waals surface area contributed by atoms with Gasteiger partial charge >= 0.3 is 6.03 Å². The maximum atomic E-state index is 12.2. The summed E-state index contributed by atoms with van der Waals surface area (Å²) in [7, 11) is 3.28. The van der Waals surface area contributed by atoms with Gasteiger partial charge in [-0.05, 0) is 49.3 Å². The number of hydrogen-bond donors (Lipinski definition) is 2. The zero-order chi connectivity index (χ0) is 20.2. The average molecular weight is 392 g/mol. The fourth-order valence-corrected chi connectivity index (χ4v) is 3.36. The lowest BCUT2D eigenvalue weighted by Crippen LogP contribution is -2.45. The van der Waals surface area contributed by atoms with Crippen LogP contribution in [0.2, 0.25) is 0 Å². The molecule has 1 heterocycles. The fraction of sp³-hybridized carbons (Fsp3) is 0.619. The van der Waals surface area contributed by atoms with Gasteiger partial charge in [0.2, 0.25) is 0 Å². The summed E-state index contributed by atoms with van der Waals surface area (Å²) in [5.41, 5.74) is 1.90. The van der Waals surface area contributed by atoms with Crippen molar-refractivity contribution in [2.45, 2.75) is 25.7 Å². The number of ether oxygens (including phenoxy) is 2. The zero-order valence-electron chi connectivity index (χ0n) is 17.0. The molecule has 156 valence electrons. The minimum atomic E-state index is -0.0755. The predicted molar refractivity (Wildman–Crippen MR) is 109 cm³/mol. The summed E-state index contributed by atoms with van der Waals surface area (Å²) < 4.78 is 9.92. The summed E-state index contributed by atoms with van der Waals surface area (Å²) in [5.74, 6) is 0.493. The van der Waals surface area contributed by atoms with E-state index in [0.29, 0.717) is 37.8 Å². The number of nitrogens with zero attached hydrogens (tertiary/aromatic N) is 1. The van der Waals surface area contributed by atoms with Gasteiger partial charge < -0.3 is 25.0 Å². The van der Waals surface area contributed by atoms with Crippen LogP contribution in [-0.2, 0) is 15.9 Å². The Balaban J connectivity index is 1.71. The Morgan fingerprint density at radius 3 is 2.32 bits per heavy atom. The number of rotatable bonds is 10. The molecule has 1 aliphatic rings. The third kappa shape index (κ3) is 7.48. The SMILES string of the molecule is COCCCNC(=O)N1CCC(Cc2ccc(C(=O)NCCOC)cc2)CC1. The van der Waals surface area contributed by atoms with Crippen LogP contribution in [0.5, 0.6) is 0 Å². The first-order valence-electron chi connectivity index (χ1n) is 10.0. The van der Waals surface area contributed by atoms with E-state index in [9.17, 15) is 9.59 Å². The van der Waals surface area contributed by atoms with Gasteiger partial charge in [-0.25, -0.2) is 4.79 Å². The van der Waals surface area contributed by atoms with E-state index in [1.807, 2.05) is 29.2 Å². The van der Waals surface area contributed by atoms with E-state index in [1.165, 1.54) is 5.56 Å². The molecule has 0 bridgehead atoms. The predicted octanol–water partition coefficient (Wildman–Crippen LogP) is 2.06. The molecule has 1 aromatic rings. The highest BCUT2D eigenvalue weighted by Gasteiger charge is 2.22.